The van der Waals surface area contributed by atoms with Crippen molar-refractivity contribution in [2.45, 2.75) is 0 Å². The number of anilines is 3. The van der Waals surface area contributed by atoms with Gasteiger partial charge in [-0.05, 0) is 116 Å². The molecule has 0 spiro atoms. The Morgan fingerprint density at radius 2 is 0.589 bits per heavy atom. The van der Waals surface area contributed by atoms with Crippen molar-refractivity contribution in [3.63, 3.8) is 0 Å². The second-order valence-corrected chi connectivity index (χ2v) is 14.1. The maximum absolute atomic E-state index is 6.64. The molecule has 264 valence electrons. The van der Waals surface area contributed by atoms with Gasteiger partial charge in [-0.15, -0.1) is 0 Å². The van der Waals surface area contributed by atoms with Crippen LogP contribution in [0.3, 0.4) is 0 Å². The van der Waals surface area contributed by atoms with Gasteiger partial charge in [0.05, 0.1) is 0 Å². The summed E-state index contributed by atoms with van der Waals surface area (Å²) >= 11 is 0. The van der Waals surface area contributed by atoms with E-state index in [9.17, 15) is 0 Å². The first-order valence-corrected chi connectivity index (χ1v) is 19.1. The lowest BCUT2D eigenvalue weighted by atomic mass is 9.90. The molecule has 0 aliphatic carbocycles. The average molecular weight is 716 g/mol. The molecular weight excluding hydrogens is 679 g/mol. The van der Waals surface area contributed by atoms with Crippen molar-refractivity contribution in [2.75, 3.05) is 4.90 Å². The van der Waals surface area contributed by atoms with Crippen LogP contribution in [0, 0.1) is 0 Å². The predicted octanol–water partition coefficient (Wildman–Crippen LogP) is 15.3. The fourth-order valence-corrected chi connectivity index (χ4v) is 7.84. The van der Waals surface area contributed by atoms with Crippen LogP contribution in [0.15, 0.2) is 224 Å². The first-order valence-electron chi connectivity index (χ1n) is 19.1. The summed E-state index contributed by atoms with van der Waals surface area (Å²) in [6.45, 7) is 0. The smallest absolute Gasteiger partial charge is 0.135 e. The van der Waals surface area contributed by atoms with E-state index in [2.05, 4.69) is 223 Å². The van der Waals surface area contributed by atoms with E-state index < -0.39 is 0 Å². The molecule has 10 rings (SSSR count). The first-order chi connectivity index (χ1) is 27.7. The zero-order valence-electron chi connectivity index (χ0n) is 30.7. The van der Waals surface area contributed by atoms with Crippen molar-refractivity contribution in [2.24, 2.45) is 0 Å². The van der Waals surface area contributed by atoms with Crippen molar-refractivity contribution in [1.82, 2.24) is 0 Å². The second-order valence-electron chi connectivity index (χ2n) is 14.1. The maximum atomic E-state index is 6.64. The van der Waals surface area contributed by atoms with Crippen molar-refractivity contribution in [3.05, 3.63) is 224 Å². The Labute approximate surface area is 328 Å². The number of hydrogen-bond donors (Lipinski definition) is 0. The van der Waals surface area contributed by atoms with Crippen LogP contribution in [0.2, 0.25) is 0 Å². The molecule has 1 heterocycles. The molecule has 0 fully saturated rings. The summed E-state index contributed by atoms with van der Waals surface area (Å²) in [6, 6.07) is 79.9. The molecule has 9 aromatic carbocycles. The Hall–Kier alpha value is -7.42. The monoisotopic (exact) mass is 715 g/mol. The third-order valence-electron chi connectivity index (χ3n) is 10.7. The molecule has 0 aromatic heterocycles. The van der Waals surface area contributed by atoms with Crippen molar-refractivity contribution in [3.8, 4) is 78.3 Å². The molecule has 2 heteroatoms. The number of ether oxygens (including phenoxy) is 1. The summed E-state index contributed by atoms with van der Waals surface area (Å²) in [4.78, 5) is 2.33. The maximum Gasteiger partial charge on any atom is 0.135 e. The third kappa shape index (κ3) is 6.34. The third-order valence-corrected chi connectivity index (χ3v) is 10.7. The minimum atomic E-state index is 0.855. The molecule has 0 N–H and O–H groups in total. The summed E-state index contributed by atoms with van der Waals surface area (Å²) in [7, 11) is 0. The van der Waals surface area contributed by atoms with Gasteiger partial charge in [0.2, 0.25) is 0 Å². The Bertz CT molecular complexity index is 2690. The largest absolute Gasteiger partial charge is 0.456 e. The van der Waals surface area contributed by atoms with E-state index in [1.165, 1.54) is 38.9 Å². The summed E-state index contributed by atoms with van der Waals surface area (Å²) in [5, 5.41) is 0. The fourth-order valence-electron chi connectivity index (χ4n) is 7.84. The number of hydrogen-bond acceptors (Lipinski definition) is 2. The molecule has 1 aliphatic rings. The number of para-hydroxylation sites is 1. The quantitative estimate of drug-likeness (QED) is 0.163. The zero-order valence-corrected chi connectivity index (χ0v) is 30.7. The van der Waals surface area contributed by atoms with E-state index in [0.717, 1.165) is 56.4 Å². The number of fused-ring (bicyclic) bond motifs is 5. The molecule has 0 radical (unpaired) electrons. The topological polar surface area (TPSA) is 12.5 Å². The van der Waals surface area contributed by atoms with Gasteiger partial charge in [-0.3, -0.25) is 0 Å². The Morgan fingerprint density at radius 1 is 0.232 bits per heavy atom. The van der Waals surface area contributed by atoms with E-state index in [4.69, 9.17) is 4.74 Å². The lowest BCUT2D eigenvalue weighted by molar-refractivity contribution is 0.488. The van der Waals surface area contributed by atoms with Crippen LogP contribution in [-0.4, -0.2) is 0 Å². The number of rotatable bonds is 7. The van der Waals surface area contributed by atoms with Crippen LogP contribution in [0.4, 0.5) is 17.1 Å². The molecule has 0 atom stereocenters. The van der Waals surface area contributed by atoms with Gasteiger partial charge < -0.3 is 9.64 Å². The highest BCUT2D eigenvalue weighted by atomic mass is 16.5. The van der Waals surface area contributed by atoms with Gasteiger partial charge in [-0.2, -0.15) is 0 Å². The SMILES string of the molecule is c1ccc(-c2ccc(N(c3ccc(-c4ccccc4)cc3)c3ccc(-c4ccc5c(c4)-c4ccc(-c6ccccc6)cc4-c4ccccc4O5)cc3)cc2)cc1. The molecule has 1 aliphatic heterocycles. The van der Waals surface area contributed by atoms with Crippen molar-refractivity contribution < 1.29 is 4.74 Å². The van der Waals surface area contributed by atoms with Crippen LogP contribution in [0.1, 0.15) is 0 Å². The first kappa shape index (κ1) is 33.2. The van der Waals surface area contributed by atoms with Crippen LogP contribution < -0.4 is 9.64 Å². The summed E-state index contributed by atoms with van der Waals surface area (Å²) in [6.07, 6.45) is 0. The molecule has 0 amide bonds. The highest BCUT2D eigenvalue weighted by Gasteiger charge is 2.22. The summed E-state index contributed by atoms with van der Waals surface area (Å²) in [5.41, 5.74) is 17.2. The normalized spacial score (nSPS) is 11.4. The molecule has 0 saturated heterocycles. The van der Waals surface area contributed by atoms with Gasteiger partial charge >= 0.3 is 0 Å². The summed E-state index contributed by atoms with van der Waals surface area (Å²) < 4.78 is 6.64. The van der Waals surface area contributed by atoms with Gasteiger partial charge in [0.1, 0.15) is 11.5 Å². The van der Waals surface area contributed by atoms with E-state index in [-0.39, 0.29) is 0 Å². The highest BCUT2D eigenvalue weighted by molar-refractivity contribution is 5.94. The highest BCUT2D eigenvalue weighted by Crippen LogP contribution is 2.49. The van der Waals surface area contributed by atoms with Crippen molar-refractivity contribution in [1.29, 1.82) is 0 Å². The average Bonchev–Trinajstić information content (AvgIpc) is 3.42. The Morgan fingerprint density at radius 3 is 1.11 bits per heavy atom. The van der Waals surface area contributed by atoms with E-state index in [0.29, 0.717) is 0 Å². The van der Waals surface area contributed by atoms with Gasteiger partial charge in [-0.25, -0.2) is 0 Å². The minimum Gasteiger partial charge on any atom is -0.456 e. The summed E-state index contributed by atoms with van der Waals surface area (Å²) in [5.74, 6) is 1.72. The molecule has 0 unspecified atom stereocenters. The lowest BCUT2D eigenvalue weighted by Crippen LogP contribution is -2.09. The molecule has 0 bridgehead atoms. The Kier molecular flexibility index (Phi) is 8.55. The number of nitrogens with zero attached hydrogens (tertiary/aromatic N) is 1. The molecule has 9 aromatic rings. The van der Waals surface area contributed by atoms with Crippen LogP contribution in [0.5, 0.6) is 11.5 Å². The standard InChI is InChI=1S/C54H37NO/c1-4-12-38(13-5-1)41-20-28-46(29-21-41)55(47-30-22-42(23-31-47)39-14-6-2-7-15-39)48-32-24-43(25-33-48)45-27-35-54-52(37-45)49-34-26-44(40-16-8-3-9-17-40)36-51(49)50-18-10-11-19-53(50)56-54/h1-37H. The number of benzene rings is 9. The van der Waals surface area contributed by atoms with E-state index >= 15 is 0 Å². The predicted molar refractivity (Wildman–Crippen MR) is 234 cm³/mol. The molecule has 0 saturated carbocycles. The zero-order chi connectivity index (χ0) is 37.3. The van der Waals surface area contributed by atoms with E-state index in [1.54, 1.807) is 0 Å². The van der Waals surface area contributed by atoms with Gasteiger partial charge in [-0.1, -0.05) is 164 Å². The molecule has 56 heavy (non-hydrogen) atoms. The van der Waals surface area contributed by atoms with E-state index in [1.807, 2.05) is 6.07 Å². The van der Waals surface area contributed by atoms with Crippen molar-refractivity contribution >= 4 is 17.1 Å². The van der Waals surface area contributed by atoms with Crippen LogP contribution in [0.25, 0.3) is 66.8 Å². The fraction of sp³-hybridized carbons (Fsp3) is 0. The molecule has 2 nitrogen and oxygen atoms in total. The Balaban J connectivity index is 1.02. The van der Waals surface area contributed by atoms with Gasteiger partial charge in [0.15, 0.2) is 0 Å². The minimum absolute atomic E-state index is 0.855. The van der Waals surface area contributed by atoms with Gasteiger partial charge in [0, 0.05) is 28.2 Å². The van der Waals surface area contributed by atoms with Crippen LogP contribution in [-0.2, 0) is 0 Å². The van der Waals surface area contributed by atoms with Crippen LogP contribution >= 0.6 is 0 Å². The molecular formula is C54H37NO. The van der Waals surface area contributed by atoms with Gasteiger partial charge in [0.25, 0.3) is 0 Å². The lowest BCUT2D eigenvalue weighted by Gasteiger charge is -2.26. The second kappa shape index (κ2) is 14.4.